The van der Waals surface area contributed by atoms with Crippen LogP contribution in [-0.4, -0.2) is 43.7 Å². The number of aliphatic imine (C=N–C) groups is 1. The lowest BCUT2D eigenvalue weighted by atomic mass is 10.00. The number of rotatable bonds is 5. The number of piperidine rings is 1. The monoisotopic (exact) mass is 355 g/mol. The normalized spacial score (nSPS) is 18.0. The van der Waals surface area contributed by atoms with Crippen LogP contribution in [0.2, 0.25) is 0 Å². The van der Waals surface area contributed by atoms with Crippen LogP contribution in [0.4, 0.5) is 0 Å². The lowest BCUT2D eigenvalue weighted by molar-refractivity contribution is 0.146. The molecule has 1 saturated heterocycles. The Balaban J connectivity index is 0.00000256. The first kappa shape index (κ1) is 17.0. The second-order valence-corrected chi connectivity index (χ2v) is 4.46. The number of guanidine groups is 1. The summed E-state index contributed by atoms with van der Waals surface area (Å²) in [5.74, 6) is 1.55. The highest BCUT2D eigenvalue weighted by atomic mass is 127. The van der Waals surface area contributed by atoms with Crippen LogP contribution >= 0.6 is 24.0 Å². The van der Waals surface area contributed by atoms with Crippen LogP contribution < -0.4 is 5.73 Å². The van der Waals surface area contributed by atoms with Crippen LogP contribution in [0, 0.1) is 5.92 Å². The van der Waals surface area contributed by atoms with E-state index in [0.717, 1.165) is 45.2 Å². The van der Waals surface area contributed by atoms with Gasteiger partial charge in [-0.05, 0) is 32.1 Å². The topological polar surface area (TPSA) is 50.9 Å². The number of nitrogens with two attached hydrogens (primary N) is 1. The van der Waals surface area contributed by atoms with Crippen molar-refractivity contribution in [3.8, 4) is 0 Å². The van der Waals surface area contributed by atoms with Gasteiger partial charge in [-0.25, -0.2) is 0 Å². The smallest absolute Gasteiger partial charge is 0.191 e. The van der Waals surface area contributed by atoms with Crippen LogP contribution in [0.1, 0.15) is 33.1 Å². The third kappa shape index (κ3) is 7.08. The molecule has 1 aliphatic heterocycles. The van der Waals surface area contributed by atoms with Gasteiger partial charge in [0.15, 0.2) is 5.96 Å². The highest BCUT2D eigenvalue weighted by Gasteiger charge is 2.16. The number of hydrogen-bond acceptors (Lipinski definition) is 2. The second kappa shape index (κ2) is 9.94. The van der Waals surface area contributed by atoms with Crippen molar-refractivity contribution in [1.29, 1.82) is 0 Å². The Hall–Kier alpha value is -0.0400. The van der Waals surface area contributed by atoms with Crippen molar-refractivity contribution in [3.05, 3.63) is 0 Å². The third-order valence-electron chi connectivity index (χ3n) is 3.03. The molecule has 17 heavy (non-hydrogen) atoms. The van der Waals surface area contributed by atoms with Crippen molar-refractivity contribution in [3.63, 3.8) is 0 Å². The molecule has 1 heterocycles. The van der Waals surface area contributed by atoms with Gasteiger partial charge >= 0.3 is 0 Å². The largest absolute Gasteiger partial charge is 0.382 e. The highest BCUT2D eigenvalue weighted by Crippen LogP contribution is 2.15. The first-order valence-corrected chi connectivity index (χ1v) is 6.36. The molecule has 5 heteroatoms. The van der Waals surface area contributed by atoms with Gasteiger partial charge in [-0.3, -0.25) is 4.99 Å². The van der Waals surface area contributed by atoms with Crippen LogP contribution in [0.25, 0.3) is 0 Å². The van der Waals surface area contributed by atoms with E-state index in [2.05, 4.69) is 16.8 Å². The van der Waals surface area contributed by atoms with E-state index in [1.807, 2.05) is 6.92 Å². The Bertz CT molecular complexity index is 216. The van der Waals surface area contributed by atoms with Gasteiger partial charge in [0.05, 0.1) is 0 Å². The molecular formula is C12H26IN3O. The minimum absolute atomic E-state index is 0. The predicted octanol–water partition coefficient (Wildman–Crippen LogP) is 2.08. The molecule has 0 aromatic carbocycles. The summed E-state index contributed by atoms with van der Waals surface area (Å²) in [5, 5.41) is 0. The van der Waals surface area contributed by atoms with Crippen molar-refractivity contribution in [1.82, 2.24) is 4.90 Å². The van der Waals surface area contributed by atoms with Crippen LogP contribution in [-0.2, 0) is 4.74 Å². The van der Waals surface area contributed by atoms with E-state index in [9.17, 15) is 0 Å². The number of halogens is 1. The molecule has 0 radical (unpaired) electrons. The molecule has 0 aromatic rings. The maximum absolute atomic E-state index is 5.94. The van der Waals surface area contributed by atoms with E-state index >= 15 is 0 Å². The maximum atomic E-state index is 5.94. The third-order valence-corrected chi connectivity index (χ3v) is 3.03. The molecule has 0 saturated carbocycles. The summed E-state index contributed by atoms with van der Waals surface area (Å²) in [7, 11) is 0. The van der Waals surface area contributed by atoms with E-state index < -0.39 is 0 Å². The summed E-state index contributed by atoms with van der Waals surface area (Å²) in [5.41, 5.74) is 5.94. The Morgan fingerprint density at radius 2 is 2.06 bits per heavy atom. The van der Waals surface area contributed by atoms with Crippen molar-refractivity contribution in [2.45, 2.75) is 33.1 Å². The molecule has 4 nitrogen and oxygen atoms in total. The van der Waals surface area contributed by atoms with Gasteiger partial charge in [0.1, 0.15) is 0 Å². The van der Waals surface area contributed by atoms with Crippen molar-refractivity contribution < 1.29 is 4.74 Å². The number of hydrogen-bond donors (Lipinski definition) is 1. The van der Waals surface area contributed by atoms with Gasteiger partial charge < -0.3 is 15.4 Å². The molecule has 0 amide bonds. The molecule has 1 fully saturated rings. The zero-order chi connectivity index (χ0) is 11.8. The minimum atomic E-state index is 0. The molecule has 0 atom stereocenters. The van der Waals surface area contributed by atoms with Gasteiger partial charge in [-0.15, -0.1) is 24.0 Å². The fourth-order valence-electron chi connectivity index (χ4n) is 1.84. The molecule has 1 rings (SSSR count). The first-order valence-electron chi connectivity index (χ1n) is 6.36. The molecule has 0 aliphatic carbocycles. The highest BCUT2D eigenvalue weighted by molar-refractivity contribution is 14.0. The molecule has 102 valence electrons. The Morgan fingerprint density at radius 3 is 2.65 bits per heavy atom. The summed E-state index contributed by atoms with van der Waals surface area (Å²) >= 11 is 0. The van der Waals surface area contributed by atoms with E-state index in [0.29, 0.717) is 5.96 Å². The standard InChI is InChI=1S/C12H25N3O.HI/c1-3-16-10-4-7-14-12(13)15-8-5-11(2)6-9-15;/h11H,3-10H2,1-2H3,(H2,13,14);1H. The van der Waals surface area contributed by atoms with Crippen LogP contribution in [0.15, 0.2) is 4.99 Å². The molecule has 0 aromatic heterocycles. The first-order chi connectivity index (χ1) is 7.74. The number of ether oxygens (including phenoxy) is 1. The van der Waals surface area contributed by atoms with Gasteiger partial charge in [0.2, 0.25) is 0 Å². The lowest BCUT2D eigenvalue weighted by Gasteiger charge is -2.31. The summed E-state index contributed by atoms with van der Waals surface area (Å²) in [6.07, 6.45) is 3.42. The Kier molecular flexibility index (Phi) is 9.91. The van der Waals surface area contributed by atoms with Gasteiger partial charge in [-0.1, -0.05) is 6.92 Å². The van der Waals surface area contributed by atoms with Crippen molar-refractivity contribution >= 4 is 29.9 Å². The zero-order valence-corrected chi connectivity index (χ0v) is 13.4. The van der Waals surface area contributed by atoms with E-state index in [1.54, 1.807) is 0 Å². The molecule has 2 N–H and O–H groups in total. The fourth-order valence-corrected chi connectivity index (χ4v) is 1.84. The number of likely N-dealkylation sites (tertiary alicyclic amines) is 1. The quantitative estimate of drug-likeness (QED) is 0.356. The summed E-state index contributed by atoms with van der Waals surface area (Å²) in [4.78, 5) is 6.58. The van der Waals surface area contributed by atoms with Crippen molar-refractivity contribution in [2.75, 3.05) is 32.8 Å². The summed E-state index contributed by atoms with van der Waals surface area (Å²) in [6.45, 7) is 8.76. The van der Waals surface area contributed by atoms with E-state index in [1.165, 1.54) is 12.8 Å². The van der Waals surface area contributed by atoms with Crippen molar-refractivity contribution in [2.24, 2.45) is 16.6 Å². The van der Waals surface area contributed by atoms with Crippen LogP contribution in [0.5, 0.6) is 0 Å². The molecule has 0 bridgehead atoms. The van der Waals surface area contributed by atoms with Gasteiger partial charge in [-0.2, -0.15) is 0 Å². The second-order valence-electron chi connectivity index (χ2n) is 4.46. The molecule has 0 spiro atoms. The number of nitrogens with zero attached hydrogens (tertiary/aromatic N) is 2. The van der Waals surface area contributed by atoms with E-state index in [-0.39, 0.29) is 24.0 Å². The van der Waals surface area contributed by atoms with Gasteiger partial charge in [0, 0.05) is 32.8 Å². The minimum Gasteiger partial charge on any atom is -0.382 e. The molecule has 1 aliphatic rings. The average molecular weight is 355 g/mol. The van der Waals surface area contributed by atoms with Crippen LogP contribution in [0.3, 0.4) is 0 Å². The van der Waals surface area contributed by atoms with Gasteiger partial charge in [0.25, 0.3) is 0 Å². The summed E-state index contributed by atoms with van der Waals surface area (Å²) in [6, 6.07) is 0. The average Bonchev–Trinajstić information content (AvgIpc) is 2.29. The predicted molar refractivity (Wildman–Crippen MR) is 83.0 cm³/mol. The Morgan fingerprint density at radius 1 is 1.41 bits per heavy atom. The zero-order valence-electron chi connectivity index (χ0n) is 11.0. The molecule has 0 unspecified atom stereocenters. The summed E-state index contributed by atoms with van der Waals surface area (Å²) < 4.78 is 5.25. The lowest BCUT2D eigenvalue weighted by Crippen LogP contribution is -2.42. The SMILES string of the molecule is CCOCCCN=C(N)N1CCC(C)CC1.I. The maximum Gasteiger partial charge on any atom is 0.191 e. The van der Waals surface area contributed by atoms with E-state index in [4.69, 9.17) is 10.5 Å². The Labute approximate surface area is 122 Å². The molecular weight excluding hydrogens is 329 g/mol. The fraction of sp³-hybridized carbons (Fsp3) is 0.917.